The molecule has 0 spiro atoms. The number of hydrogen-bond acceptors (Lipinski definition) is 3. The molecule has 5 nitrogen and oxygen atoms in total. The molecule has 29 heavy (non-hydrogen) atoms. The fourth-order valence-corrected chi connectivity index (χ4v) is 3.06. The Balaban J connectivity index is 1.95. The molecule has 0 aliphatic heterocycles. The molecular formula is C22H20F2N4O. The van der Waals surface area contributed by atoms with E-state index in [1.54, 1.807) is 41.2 Å². The molecule has 3 aromatic rings. The van der Waals surface area contributed by atoms with Crippen molar-refractivity contribution in [2.45, 2.75) is 26.4 Å². The van der Waals surface area contributed by atoms with Crippen molar-refractivity contribution in [3.63, 3.8) is 0 Å². The summed E-state index contributed by atoms with van der Waals surface area (Å²) in [6.07, 6.45) is 3.20. The first-order valence-corrected chi connectivity index (χ1v) is 9.07. The van der Waals surface area contributed by atoms with Crippen LogP contribution in [-0.2, 0) is 13.6 Å². The molecule has 1 aromatic heterocycles. The SMILES string of the molecule is CC(C)N(Cc1ccc(F)c(-c2cc(F)cc(C#N)c2)c1)C(=O)c1cn(C)cn1. The van der Waals surface area contributed by atoms with Crippen LogP contribution in [0.5, 0.6) is 0 Å². The molecule has 0 aliphatic rings. The van der Waals surface area contributed by atoms with E-state index in [4.69, 9.17) is 5.26 Å². The van der Waals surface area contributed by atoms with Gasteiger partial charge in [0.25, 0.3) is 5.91 Å². The minimum Gasteiger partial charge on any atom is -0.340 e. The number of carbonyl (C=O) groups is 1. The second kappa shape index (κ2) is 8.23. The summed E-state index contributed by atoms with van der Waals surface area (Å²) in [5.74, 6) is -1.38. The Kier molecular flexibility index (Phi) is 5.74. The summed E-state index contributed by atoms with van der Waals surface area (Å²) in [5, 5.41) is 9.05. The standard InChI is InChI=1S/C22H20F2N4O/c1-14(2)28(22(29)21-12-27(3)13-26-21)11-15-4-5-20(24)19(8-15)17-6-16(10-25)7-18(23)9-17/h4-9,12-14H,11H2,1-3H3. The van der Waals surface area contributed by atoms with Gasteiger partial charge in [-0.1, -0.05) is 6.07 Å². The Morgan fingerprint density at radius 1 is 1.24 bits per heavy atom. The van der Waals surface area contributed by atoms with Crippen LogP contribution in [0.4, 0.5) is 8.78 Å². The summed E-state index contributed by atoms with van der Waals surface area (Å²) >= 11 is 0. The third-order valence-corrected chi connectivity index (χ3v) is 4.53. The predicted molar refractivity (Wildman–Crippen MR) is 105 cm³/mol. The van der Waals surface area contributed by atoms with Crippen molar-refractivity contribution in [3.05, 3.63) is 77.4 Å². The van der Waals surface area contributed by atoms with Crippen molar-refractivity contribution < 1.29 is 13.6 Å². The summed E-state index contributed by atoms with van der Waals surface area (Å²) in [4.78, 5) is 18.6. The molecule has 148 valence electrons. The number of nitriles is 1. The molecule has 0 atom stereocenters. The third kappa shape index (κ3) is 4.49. The van der Waals surface area contributed by atoms with Crippen molar-refractivity contribution in [1.82, 2.24) is 14.5 Å². The van der Waals surface area contributed by atoms with E-state index in [0.717, 1.165) is 6.07 Å². The second-order valence-corrected chi connectivity index (χ2v) is 7.11. The molecule has 0 aliphatic carbocycles. The van der Waals surface area contributed by atoms with Crippen LogP contribution in [0.2, 0.25) is 0 Å². The third-order valence-electron chi connectivity index (χ3n) is 4.53. The maximum atomic E-state index is 14.4. The Bertz CT molecular complexity index is 1100. The molecule has 7 heteroatoms. The van der Waals surface area contributed by atoms with Gasteiger partial charge in [0.2, 0.25) is 0 Å². The molecule has 2 aromatic carbocycles. The van der Waals surface area contributed by atoms with E-state index in [9.17, 15) is 13.6 Å². The average Bonchev–Trinajstić information content (AvgIpc) is 3.12. The van der Waals surface area contributed by atoms with E-state index >= 15 is 0 Å². The van der Waals surface area contributed by atoms with Crippen LogP contribution < -0.4 is 0 Å². The minimum absolute atomic E-state index is 0.110. The maximum absolute atomic E-state index is 14.4. The molecule has 1 amide bonds. The molecule has 0 bridgehead atoms. The van der Waals surface area contributed by atoms with Gasteiger partial charge in [0.1, 0.15) is 17.3 Å². The normalized spacial score (nSPS) is 10.8. The smallest absolute Gasteiger partial charge is 0.274 e. The molecular weight excluding hydrogens is 374 g/mol. The summed E-state index contributed by atoms with van der Waals surface area (Å²) in [5.41, 5.74) is 1.56. The van der Waals surface area contributed by atoms with Crippen LogP contribution in [0.3, 0.4) is 0 Å². The highest BCUT2D eigenvalue weighted by atomic mass is 19.1. The summed E-state index contributed by atoms with van der Waals surface area (Å²) in [6, 6.07) is 9.92. The lowest BCUT2D eigenvalue weighted by Crippen LogP contribution is -2.36. The van der Waals surface area contributed by atoms with Crippen LogP contribution in [0.15, 0.2) is 48.9 Å². The fraction of sp³-hybridized carbons (Fsp3) is 0.227. The van der Waals surface area contributed by atoms with E-state index < -0.39 is 11.6 Å². The zero-order valence-corrected chi connectivity index (χ0v) is 16.4. The molecule has 0 saturated carbocycles. The number of amides is 1. The van der Waals surface area contributed by atoms with Gasteiger partial charge < -0.3 is 9.47 Å². The van der Waals surface area contributed by atoms with Crippen molar-refractivity contribution in [2.75, 3.05) is 0 Å². The van der Waals surface area contributed by atoms with Crippen molar-refractivity contribution in [3.8, 4) is 17.2 Å². The molecule has 0 radical (unpaired) electrons. The number of aromatic nitrogens is 2. The number of rotatable bonds is 5. The van der Waals surface area contributed by atoms with Gasteiger partial charge in [-0.25, -0.2) is 13.8 Å². The number of nitrogens with zero attached hydrogens (tertiary/aromatic N) is 4. The molecule has 0 N–H and O–H groups in total. The number of halogens is 2. The van der Waals surface area contributed by atoms with Gasteiger partial charge in [-0.05, 0) is 55.3 Å². The number of aryl methyl sites for hydroxylation is 1. The van der Waals surface area contributed by atoms with E-state index in [0.29, 0.717) is 11.3 Å². The first-order valence-electron chi connectivity index (χ1n) is 9.07. The van der Waals surface area contributed by atoms with Crippen LogP contribution in [0, 0.1) is 23.0 Å². The van der Waals surface area contributed by atoms with Gasteiger partial charge in [-0.15, -0.1) is 0 Å². The van der Waals surface area contributed by atoms with Crippen LogP contribution >= 0.6 is 0 Å². The summed E-state index contributed by atoms with van der Waals surface area (Å²) in [7, 11) is 1.78. The lowest BCUT2D eigenvalue weighted by atomic mass is 10.00. The quantitative estimate of drug-likeness (QED) is 0.649. The van der Waals surface area contributed by atoms with Gasteiger partial charge in [0.15, 0.2) is 0 Å². The van der Waals surface area contributed by atoms with Crippen molar-refractivity contribution >= 4 is 5.91 Å². The van der Waals surface area contributed by atoms with E-state index in [1.807, 2.05) is 19.9 Å². The molecule has 0 unspecified atom stereocenters. The highest BCUT2D eigenvalue weighted by Gasteiger charge is 2.21. The fourth-order valence-electron chi connectivity index (χ4n) is 3.06. The van der Waals surface area contributed by atoms with Gasteiger partial charge in [-0.3, -0.25) is 4.79 Å². The van der Waals surface area contributed by atoms with Crippen molar-refractivity contribution in [2.24, 2.45) is 7.05 Å². The number of benzene rings is 2. The monoisotopic (exact) mass is 394 g/mol. The van der Waals surface area contributed by atoms with Gasteiger partial charge in [-0.2, -0.15) is 5.26 Å². The zero-order chi connectivity index (χ0) is 21.1. The number of hydrogen-bond donors (Lipinski definition) is 0. The Morgan fingerprint density at radius 3 is 2.62 bits per heavy atom. The Labute approximate surface area is 167 Å². The lowest BCUT2D eigenvalue weighted by molar-refractivity contribution is 0.0684. The lowest BCUT2D eigenvalue weighted by Gasteiger charge is -2.26. The van der Waals surface area contributed by atoms with E-state index in [1.165, 1.54) is 18.2 Å². The number of carbonyl (C=O) groups excluding carboxylic acids is 1. The molecule has 3 rings (SSSR count). The Hall–Kier alpha value is -3.53. The van der Waals surface area contributed by atoms with Gasteiger partial charge >= 0.3 is 0 Å². The summed E-state index contributed by atoms with van der Waals surface area (Å²) < 4.78 is 29.9. The Morgan fingerprint density at radius 2 is 2.00 bits per heavy atom. The van der Waals surface area contributed by atoms with E-state index in [2.05, 4.69) is 4.98 Å². The molecule has 0 saturated heterocycles. The summed E-state index contributed by atoms with van der Waals surface area (Å²) in [6.45, 7) is 4.01. The number of imidazole rings is 1. The molecule has 0 fully saturated rings. The van der Waals surface area contributed by atoms with Gasteiger partial charge in [0.05, 0.1) is 18.0 Å². The van der Waals surface area contributed by atoms with Crippen LogP contribution in [0.1, 0.15) is 35.5 Å². The van der Waals surface area contributed by atoms with Crippen LogP contribution in [-0.4, -0.2) is 26.4 Å². The topological polar surface area (TPSA) is 61.9 Å². The highest BCUT2D eigenvalue weighted by molar-refractivity contribution is 5.92. The first-order chi connectivity index (χ1) is 13.8. The van der Waals surface area contributed by atoms with E-state index in [-0.39, 0.29) is 35.2 Å². The first kappa shape index (κ1) is 20.2. The zero-order valence-electron chi connectivity index (χ0n) is 16.4. The second-order valence-electron chi connectivity index (χ2n) is 7.11. The maximum Gasteiger partial charge on any atom is 0.274 e. The minimum atomic E-state index is -0.613. The van der Waals surface area contributed by atoms with Gasteiger partial charge in [0, 0.05) is 31.4 Å². The highest BCUT2D eigenvalue weighted by Crippen LogP contribution is 2.27. The van der Waals surface area contributed by atoms with Crippen molar-refractivity contribution in [1.29, 1.82) is 5.26 Å². The van der Waals surface area contributed by atoms with Crippen LogP contribution in [0.25, 0.3) is 11.1 Å². The largest absolute Gasteiger partial charge is 0.340 e. The predicted octanol–water partition coefficient (Wildman–Crippen LogP) is 4.29. The molecule has 1 heterocycles. The average molecular weight is 394 g/mol.